The molecule has 0 spiro atoms. The molecule has 4 nitrogen and oxygen atoms in total. The molecule has 0 saturated carbocycles. The molecule has 0 aliphatic carbocycles. The Balaban J connectivity index is 1.48. The molecule has 0 atom stereocenters. The van der Waals surface area contributed by atoms with Gasteiger partial charge in [0.25, 0.3) is 5.91 Å². The zero-order valence-electron chi connectivity index (χ0n) is 16.6. The molecule has 1 aliphatic rings. The second-order valence-electron chi connectivity index (χ2n) is 7.42. The van der Waals surface area contributed by atoms with Crippen LogP contribution in [0.2, 0.25) is 0 Å². The molecule has 2 aromatic heterocycles. The maximum atomic E-state index is 13.2. The average molecular weight is 426 g/mol. The Morgan fingerprint density at radius 1 is 1.00 bits per heavy atom. The molecule has 29 heavy (non-hydrogen) atoms. The molecule has 4 rings (SSSR count). The van der Waals surface area contributed by atoms with E-state index < -0.39 is 0 Å². The number of carbonyl (C=O) groups is 1. The lowest BCUT2D eigenvalue weighted by Crippen LogP contribution is -2.34. The highest BCUT2D eigenvalue weighted by Gasteiger charge is 2.22. The molecule has 0 radical (unpaired) electrons. The maximum Gasteiger partial charge on any atom is 0.270 e. The van der Waals surface area contributed by atoms with Crippen LogP contribution < -0.4 is 4.90 Å². The highest BCUT2D eigenvalue weighted by atomic mass is 32.1. The van der Waals surface area contributed by atoms with Crippen LogP contribution in [-0.4, -0.2) is 42.0 Å². The Bertz CT molecular complexity index is 884. The normalized spacial score (nSPS) is 15.2. The van der Waals surface area contributed by atoms with E-state index in [1.54, 1.807) is 11.3 Å². The first-order valence-corrected chi connectivity index (χ1v) is 12.2. The zero-order chi connectivity index (χ0) is 19.9. The first-order valence-electron chi connectivity index (χ1n) is 10.4. The van der Waals surface area contributed by atoms with Gasteiger partial charge in [0.15, 0.2) is 5.13 Å². The number of likely N-dealkylation sites (tertiary alicyclic amines) is 1. The number of carbonyl (C=O) groups excluding carboxylic acids is 1. The van der Waals surface area contributed by atoms with Gasteiger partial charge in [-0.25, -0.2) is 4.98 Å². The van der Waals surface area contributed by atoms with E-state index in [1.807, 2.05) is 46.0 Å². The first kappa shape index (κ1) is 20.3. The summed E-state index contributed by atoms with van der Waals surface area (Å²) in [5, 5.41) is 4.80. The fourth-order valence-corrected chi connectivity index (χ4v) is 5.29. The summed E-state index contributed by atoms with van der Waals surface area (Å²) >= 11 is 3.05. The molecule has 6 heteroatoms. The van der Waals surface area contributed by atoms with Crippen molar-refractivity contribution in [3.05, 3.63) is 58.1 Å². The highest BCUT2D eigenvalue weighted by molar-refractivity contribution is 7.14. The number of thiophene rings is 1. The fourth-order valence-electron chi connectivity index (χ4n) is 3.76. The molecule has 1 aromatic carbocycles. The van der Waals surface area contributed by atoms with Crippen LogP contribution in [-0.2, 0) is 0 Å². The predicted molar refractivity (Wildman–Crippen MR) is 123 cm³/mol. The highest BCUT2D eigenvalue weighted by Crippen LogP contribution is 2.29. The fraction of sp³-hybridized carbons (Fsp3) is 0.391. The van der Waals surface area contributed by atoms with E-state index >= 15 is 0 Å². The largest absolute Gasteiger partial charge is 0.303 e. The second kappa shape index (κ2) is 10.1. The molecule has 1 fully saturated rings. The number of anilines is 1. The molecule has 1 saturated heterocycles. The predicted octanol–water partition coefficient (Wildman–Crippen LogP) is 5.78. The molecule has 0 unspecified atom stereocenters. The molecule has 152 valence electrons. The van der Waals surface area contributed by atoms with Crippen molar-refractivity contribution in [3.63, 3.8) is 0 Å². The zero-order valence-corrected chi connectivity index (χ0v) is 18.3. The van der Waals surface area contributed by atoms with Gasteiger partial charge in [0, 0.05) is 17.5 Å². The number of nitrogens with zero attached hydrogens (tertiary/aromatic N) is 3. The van der Waals surface area contributed by atoms with Crippen LogP contribution >= 0.6 is 22.7 Å². The standard InChI is InChI=1S/C23H27N3OS2/c27-22(21-12-8-17-28-21)26(16-9-15-25-13-6-1-2-7-14-25)23-24-20(18-29-23)19-10-4-3-5-11-19/h3-5,8,10-12,17-18H,1-2,6-7,9,13-16H2. The molecular weight excluding hydrogens is 398 g/mol. The van der Waals surface area contributed by atoms with Crippen molar-refractivity contribution in [2.45, 2.75) is 32.1 Å². The number of rotatable bonds is 7. The van der Waals surface area contributed by atoms with Crippen LogP contribution in [0.1, 0.15) is 41.8 Å². The van der Waals surface area contributed by atoms with Crippen LogP contribution in [0, 0.1) is 0 Å². The minimum atomic E-state index is 0.0600. The van der Waals surface area contributed by atoms with Crippen molar-refractivity contribution >= 4 is 33.7 Å². The van der Waals surface area contributed by atoms with Gasteiger partial charge in [-0.1, -0.05) is 49.2 Å². The van der Waals surface area contributed by atoms with Gasteiger partial charge in [-0.3, -0.25) is 9.69 Å². The van der Waals surface area contributed by atoms with E-state index in [-0.39, 0.29) is 5.91 Å². The van der Waals surface area contributed by atoms with Crippen molar-refractivity contribution in [1.29, 1.82) is 0 Å². The second-order valence-corrected chi connectivity index (χ2v) is 9.21. The smallest absolute Gasteiger partial charge is 0.270 e. The van der Waals surface area contributed by atoms with Gasteiger partial charge in [-0.05, 0) is 50.3 Å². The summed E-state index contributed by atoms with van der Waals surface area (Å²) < 4.78 is 0. The Morgan fingerprint density at radius 2 is 1.79 bits per heavy atom. The van der Waals surface area contributed by atoms with Crippen LogP contribution in [0.25, 0.3) is 11.3 Å². The molecule has 3 aromatic rings. The number of benzene rings is 1. The Hall–Kier alpha value is -2.02. The third-order valence-corrected chi connectivity index (χ3v) is 7.05. The summed E-state index contributed by atoms with van der Waals surface area (Å²) in [6.45, 7) is 4.13. The van der Waals surface area contributed by atoms with Gasteiger partial charge in [0.05, 0.1) is 10.6 Å². The molecule has 1 aliphatic heterocycles. The number of aromatic nitrogens is 1. The molecular formula is C23H27N3OS2. The van der Waals surface area contributed by atoms with Crippen molar-refractivity contribution in [1.82, 2.24) is 9.88 Å². The average Bonchev–Trinajstić information content (AvgIpc) is 3.40. The van der Waals surface area contributed by atoms with E-state index in [1.165, 1.54) is 50.1 Å². The third-order valence-electron chi connectivity index (χ3n) is 5.32. The summed E-state index contributed by atoms with van der Waals surface area (Å²) in [6.07, 6.45) is 6.26. The van der Waals surface area contributed by atoms with E-state index in [9.17, 15) is 4.79 Å². The summed E-state index contributed by atoms with van der Waals surface area (Å²) in [4.78, 5) is 23.2. The lowest BCUT2D eigenvalue weighted by molar-refractivity contribution is 0.0989. The van der Waals surface area contributed by atoms with Crippen LogP contribution in [0.3, 0.4) is 0 Å². The number of thiazole rings is 1. The van der Waals surface area contributed by atoms with Crippen molar-refractivity contribution in [2.75, 3.05) is 31.1 Å². The maximum absolute atomic E-state index is 13.2. The van der Waals surface area contributed by atoms with Gasteiger partial charge in [0.1, 0.15) is 0 Å². The molecule has 0 N–H and O–H groups in total. The van der Waals surface area contributed by atoms with Gasteiger partial charge < -0.3 is 4.90 Å². The lowest BCUT2D eigenvalue weighted by atomic mass is 10.2. The summed E-state index contributed by atoms with van der Waals surface area (Å²) in [7, 11) is 0. The van der Waals surface area contributed by atoms with E-state index in [0.29, 0.717) is 6.54 Å². The van der Waals surface area contributed by atoms with Crippen molar-refractivity contribution < 1.29 is 4.79 Å². The van der Waals surface area contributed by atoms with Gasteiger partial charge in [-0.15, -0.1) is 22.7 Å². The van der Waals surface area contributed by atoms with Gasteiger partial charge in [-0.2, -0.15) is 0 Å². The molecule has 0 bridgehead atoms. The van der Waals surface area contributed by atoms with Crippen molar-refractivity contribution in [2.24, 2.45) is 0 Å². The Kier molecular flexibility index (Phi) is 7.09. The third kappa shape index (κ3) is 5.32. The molecule has 3 heterocycles. The van der Waals surface area contributed by atoms with E-state index in [2.05, 4.69) is 17.0 Å². The summed E-state index contributed by atoms with van der Waals surface area (Å²) in [6, 6.07) is 14.0. The lowest BCUT2D eigenvalue weighted by Gasteiger charge is -2.23. The number of hydrogen-bond acceptors (Lipinski definition) is 5. The van der Waals surface area contributed by atoms with Gasteiger partial charge >= 0.3 is 0 Å². The van der Waals surface area contributed by atoms with Crippen molar-refractivity contribution in [3.8, 4) is 11.3 Å². The van der Waals surface area contributed by atoms with E-state index in [4.69, 9.17) is 4.98 Å². The topological polar surface area (TPSA) is 36.4 Å². The summed E-state index contributed by atoms with van der Waals surface area (Å²) in [5.74, 6) is 0.0600. The Labute approximate surface area is 180 Å². The minimum Gasteiger partial charge on any atom is -0.303 e. The number of hydrogen-bond donors (Lipinski definition) is 0. The SMILES string of the molecule is O=C(c1cccs1)N(CCCN1CCCCCC1)c1nc(-c2ccccc2)cs1. The van der Waals surface area contributed by atoms with Crippen LogP contribution in [0.4, 0.5) is 5.13 Å². The summed E-state index contributed by atoms with van der Waals surface area (Å²) in [5.41, 5.74) is 2.02. The monoisotopic (exact) mass is 425 g/mol. The van der Waals surface area contributed by atoms with E-state index in [0.717, 1.165) is 34.2 Å². The van der Waals surface area contributed by atoms with Crippen LogP contribution in [0.5, 0.6) is 0 Å². The molecule has 1 amide bonds. The van der Waals surface area contributed by atoms with Crippen LogP contribution in [0.15, 0.2) is 53.2 Å². The Morgan fingerprint density at radius 3 is 2.52 bits per heavy atom. The quantitative estimate of drug-likeness (QED) is 0.481. The first-order chi connectivity index (χ1) is 14.3. The minimum absolute atomic E-state index is 0.0600. The number of amides is 1. The van der Waals surface area contributed by atoms with Gasteiger partial charge in [0.2, 0.25) is 0 Å².